The van der Waals surface area contributed by atoms with Crippen LogP contribution in [0.5, 0.6) is 0 Å². The number of hydrogen-bond acceptors (Lipinski definition) is 4. The predicted octanol–water partition coefficient (Wildman–Crippen LogP) is 1.10. The number of hydrogen-bond donors (Lipinski definition) is 2. The van der Waals surface area contributed by atoms with Gasteiger partial charge >= 0.3 is 0 Å². The fourth-order valence-corrected chi connectivity index (χ4v) is 4.53. The van der Waals surface area contributed by atoms with Crippen molar-refractivity contribution >= 4 is 10.0 Å². The van der Waals surface area contributed by atoms with Crippen LogP contribution >= 0.6 is 0 Å². The van der Waals surface area contributed by atoms with Crippen molar-refractivity contribution < 1.29 is 8.42 Å². The van der Waals surface area contributed by atoms with Crippen LogP contribution in [0.2, 0.25) is 0 Å². The second kappa shape index (κ2) is 6.44. The Bertz CT molecular complexity index is 559. The van der Waals surface area contributed by atoms with Gasteiger partial charge < -0.3 is 10.6 Å². The van der Waals surface area contributed by atoms with Crippen LogP contribution in [0, 0.1) is 0 Å². The van der Waals surface area contributed by atoms with Gasteiger partial charge in [-0.05, 0) is 30.5 Å². The third kappa shape index (κ3) is 3.29. The minimum Gasteiger partial charge on any atom is -0.314 e. The second-order valence-corrected chi connectivity index (χ2v) is 7.68. The lowest BCUT2D eigenvalue weighted by atomic mass is 10.1. The Hall–Kier alpha value is -0.950. The van der Waals surface area contributed by atoms with Crippen LogP contribution in [0.15, 0.2) is 29.2 Å². The van der Waals surface area contributed by atoms with Crippen LogP contribution in [0.25, 0.3) is 0 Å². The summed E-state index contributed by atoms with van der Waals surface area (Å²) in [6.07, 6.45) is 3.06. The molecule has 0 aliphatic carbocycles. The maximum Gasteiger partial charge on any atom is 0.243 e. The zero-order valence-corrected chi connectivity index (χ0v) is 13.0. The largest absolute Gasteiger partial charge is 0.314 e. The molecule has 2 N–H and O–H groups in total. The molecule has 0 amide bonds. The van der Waals surface area contributed by atoms with Gasteiger partial charge in [-0.1, -0.05) is 18.6 Å². The van der Waals surface area contributed by atoms with E-state index in [2.05, 4.69) is 10.6 Å². The Labute approximate surface area is 126 Å². The summed E-state index contributed by atoms with van der Waals surface area (Å²) in [5.41, 5.74) is 1.14. The number of nitrogens with zero attached hydrogens (tertiary/aromatic N) is 1. The standard InChI is InChI=1S/C15H23N3O2S/c19-21(20,18-10-2-1-3-11-18)14-6-4-13(5-7-14)15-12-16-8-9-17-15/h4-7,15-17H,1-3,8-12H2. The SMILES string of the molecule is O=S(=O)(c1ccc(C2CNCCN2)cc1)N1CCCCC1. The molecule has 1 atom stereocenters. The van der Waals surface area contributed by atoms with Crippen molar-refractivity contribution in [1.29, 1.82) is 0 Å². The van der Waals surface area contributed by atoms with E-state index in [-0.39, 0.29) is 6.04 Å². The van der Waals surface area contributed by atoms with E-state index < -0.39 is 10.0 Å². The zero-order valence-electron chi connectivity index (χ0n) is 12.2. The summed E-state index contributed by atoms with van der Waals surface area (Å²) in [6, 6.07) is 7.62. The van der Waals surface area contributed by atoms with Crippen molar-refractivity contribution in [3.05, 3.63) is 29.8 Å². The lowest BCUT2D eigenvalue weighted by Gasteiger charge is -2.27. The van der Waals surface area contributed by atoms with E-state index in [1.165, 1.54) is 0 Å². The molecule has 0 saturated carbocycles. The second-order valence-electron chi connectivity index (χ2n) is 5.74. The molecule has 1 aromatic rings. The van der Waals surface area contributed by atoms with Crippen LogP contribution in [-0.4, -0.2) is 45.4 Å². The van der Waals surface area contributed by atoms with E-state index in [1.54, 1.807) is 16.4 Å². The first-order chi connectivity index (χ1) is 10.2. The minimum atomic E-state index is -3.31. The molecule has 6 heteroatoms. The fourth-order valence-electron chi connectivity index (χ4n) is 3.02. The molecule has 1 unspecified atom stereocenters. The van der Waals surface area contributed by atoms with Gasteiger partial charge in [0.2, 0.25) is 10.0 Å². The monoisotopic (exact) mass is 309 g/mol. The number of piperidine rings is 1. The molecule has 0 bridgehead atoms. The molecule has 2 heterocycles. The highest BCUT2D eigenvalue weighted by atomic mass is 32.2. The van der Waals surface area contributed by atoms with E-state index in [4.69, 9.17) is 0 Å². The first-order valence-corrected chi connectivity index (χ1v) is 9.16. The normalized spacial score (nSPS) is 24.9. The Balaban J connectivity index is 1.76. The average Bonchev–Trinajstić information content (AvgIpc) is 2.57. The van der Waals surface area contributed by atoms with Gasteiger partial charge in [-0.3, -0.25) is 0 Å². The maximum atomic E-state index is 12.6. The van der Waals surface area contributed by atoms with E-state index in [1.807, 2.05) is 12.1 Å². The topological polar surface area (TPSA) is 61.4 Å². The van der Waals surface area contributed by atoms with E-state index in [0.717, 1.165) is 44.5 Å². The fraction of sp³-hybridized carbons (Fsp3) is 0.600. The van der Waals surface area contributed by atoms with E-state index in [9.17, 15) is 8.42 Å². The van der Waals surface area contributed by atoms with Gasteiger partial charge in [0, 0.05) is 38.8 Å². The summed E-state index contributed by atoms with van der Waals surface area (Å²) in [4.78, 5) is 0.414. The number of rotatable bonds is 3. The van der Waals surface area contributed by atoms with Crippen LogP contribution in [0.3, 0.4) is 0 Å². The maximum absolute atomic E-state index is 12.6. The van der Waals surface area contributed by atoms with Crippen molar-refractivity contribution in [3.63, 3.8) is 0 Å². The van der Waals surface area contributed by atoms with Crippen molar-refractivity contribution in [2.24, 2.45) is 0 Å². The van der Waals surface area contributed by atoms with Crippen molar-refractivity contribution in [2.45, 2.75) is 30.2 Å². The lowest BCUT2D eigenvalue weighted by molar-refractivity contribution is 0.346. The Morgan fingerprint density at radius 1 is 1.00 bits per heavy atom. The van der Waals surface area contributed by atoms with E-state index in [0.29, 0.717) is 18.0 Å². The van der Waals surface area contributed by atoms with Gasteiger partial charge in [-0.25, -0.2) is 8.42 Å². The number of sulfonamides is 1. The molecule has 21 heavy (non-hydrogen) atoms. The molecule has 2 saturated heterocycles. The third-order valence-electron chi connectivity index (χ3n) is 4.28. The molecule has 2 aliphatic rings. The molecule has 2 fully saturated rings. The molecular weight excluding hydrogens is 286 g/mol. The number of nitrogens with one attached hydrogen (secondary N) is 2. The average molecular weight is 309 g/mol. The number of benzene rings is 1. The van der Waals surface area contributed by atoms with Gasteiger partial charge in [0.15, 0.2) is 0 Å². The molecule has 0 radical (unpaired) electrons. The Morgan fingerprint density at radius 2 is 1.71 bits per heavy atom. The molecule has 5 nitrogen and oxygen atoms in total. The summed E-state index contributed by atoms with van der Waals surface area (Å²) in [7, 11) is -3.31. The smallest absolute Gasteiger partial charge is 0.243 e. The quantitative estimate of drug-likeness (QED) is 0.877. The molecule has 0 aromatic heterocycles. The number of piperazine rings is 1. The summed E-state index contributed by atoms with van der Waals surface area (Å²) in [5.74, 6) is 0. The third-order valence-corrected chi connectivity index (χ3v) is 6.19. The molecular formula is C15H23N3O2S. The highest BCUT2D eigenvalue weighted by molar-refractivity contribution is 7.89. The van der Waals surface area contributed by atoms with Crippen LogP contribution in [0.4, 0.5) is 0 Å². The predicted molar refractivity (Wildman–Crippen MR) is 82.7 cm³/mol. The molecule has 1 aromatic carbocycles. The van der Waals surface area contributed by atoms with Gasteiger partial charge in [-0.15, -0.1) is 0 Å². The molecule has 0 spiro atoms. The van der Waals surface area contributed by atoms with Crippen molar-refractivity contribution in [1.82, 2.24) is 14.9 Å². The Morgan fingerprint density at radius 3 is 2.33 bits per heavy atom. The van der Waals surface area contributed by atoms with Crippen LogP contribution < -0.4 is 10.6 Å². The highest BCUT2D eigenvalue weighted by Crippen LogP contribution is 2.22. The lowest BCUT2D eigenvalue weighted by Crippen LogP contribution is -2.42. The molecule has 116 valence electrons. The summed E-state index contributed by atoms with van der Waals surface area (Å²) in [6.45, 7) is 4.12. The van der Waals surface area contributed by atoms with Gasteiger partial charge in [0.1, 0.15) is 0 Å². The van der Waals surface area contributed by atoms with Crippen molar-refractivity contribution in [2.75, 3.05) is 32.7 Å². The molecule has 3 rings (SSSR count). The van der Waals surface area contributed by atoms with Crippen molar-refractivity contribution in [3.8, 4) is 0 Å². The zero-order chi connectivity index (χ0) is 14.7. The first-order valence-electron chi connectivity index (χ1n) is 7.72. The first kappa shape index (κ1) is 15.0. The summed E-state index contributed by atoms with van der Waals surface area (Å²) in [5, 5.41) is 6.78. The van der Waals surface area contributed by atoms with Gasteiger partial charge in [0.25, 0.3) is 0 Å². The van der Waals surface area contributed by atoms with Gasteiger partial charge in [0.05, 0.1) is 4.90 Å². The van der Waals surface area contributed by atoms with Gasteiger partial charge in [-0.2, -0.15) is 4.31 Å². The Kier molecular flexibility index (Phi) is 4.59. The minimum absolute atomic E-state index is 0.269. The van der Waals surface area contributed by atoms with Crippen LogP contribution in [0.1, 0.15) is 30.9 Å². The van der Waals surface area contributed by atoms with E-state index >= 15 is 0 Å². The molecule has 2 aliphatic heterocycles. The summed E-state index contributed by atoms with van der Waals surface area (Å²) < 4.78 is 26.8. The summed E-state index contributed by atoms with van der Waals surface area (Å²) >= 11 is 0. The highest BCUT2D eigenvalue weighted by Gasteiger charge is 2.26. The van der Waals surface area contributed by atoms with Crippen LogP contribution in [-0.2, 0) is 10.0 Å².